The standard InChI is InChI=1S/C30H32N4O3/c1-3-5-20-37-28-17-13-24(14-18-28)30(35)32-31-21-25-22-34(26-9-7-6-8-10-26)33-29(25)23-11-15-27(16-12-23)36-19-4-2/h6-18,21-22H,3-5,19-20H2,1-2H3,(H,32,35). The van der Waals surface area contributed by atoms with Crippen LogP contribution in [0.25, 0.3) is 16.9 Å². The van der Waals surface area contributed by atoms with Gasteiger partial charge in [-0.1, -0.05) is 38.5 Å². The lowest BCUT2D eigenvalue weighted by Gasteiger charge is -2.06. The van der Waals surface area contributed by atoms with E-state index in [0.29, 0.717) is 18.8 Å². The third-order valence-electron chi connectivity index (χ3n) is 5.62. The van der Waals surface area contributed by atoms with E-state index in [0.717, 1.165) is 53.3 Å². The average Bonchev–Trinajstić information content (AvgIpc) is 3.37. The highest BCUT2D eigenvalue weighted by Gasteiger charge is 2.12. The predicted octanol–water partition coefficient (Wildman–Crippen LogP) is 6.27. The van der Waals surface area contributed by atoms with E-state index in [2.05, 4.69) is 24.4 Å². The maximum absolute atomic E-state index is 12.6. The van der Waals surface area contributed by atoms with Gasteiger partial charge in [0.1, 0.15) is 17.2 Å². The molecule has 0 saturated heterocycles. The SMILES string of the molecule is CCCCOc1ccc(C(=O)NN=Cc2cn(-c3ccccc3)nc2-c2ccc(OCCC)cc2)cc1. The Bertz CT molecular complexity index is 1300. The summed E-state index contributed by atoms with van der Waals surface area (Å²) in [6.07, 6.45) is 6.53. The first kappa shape index (κ1) is 25.7. The Morgan fingerprint density at radius 1 is 0.892 bits per heavy atom. The average molecular weight is 497 g/mol. The second-order valence-electron chi connectivity index (χ2n) is 8.51. The zero-order valence-corrected chi connectivity index (χ0v) is 21.3. The second kappa shape index (κ2) is 13.1. The van der Waals surface area contributed by atoms with Crippen molar-refractivity contribution in [1.29, 1.82) is 0 Å². The van der Waals surface area contributed by atoms with Gasteiger partial charge in [-0.25, -0.2) is 10.1 Å². The lowest BCUT2D eigenvalue weighted by molar-refractivity contribution is 0.0955. The van der Waals surface area contributed by atoms with Crippen molar-refractivity contribution in [2.24, 2.45) is 5.10 Å². The Balaban J connectivity index is 1.50. The molecule has 1 heterocycles. The van der Waals surface area contributed by atoms with Crippen molar-refractivity contribution < 1.29 is 14.3 Å². The summed E-state index contributed by atoms with van der Waals surface area (Å²) in [6.45, 7) is 5.53. The van der Waals surface area contributed by atoms with E-state index in [1.165, 1.54) is 0 Å². The molecule has 7 nitrogen and oxygen atoms in total. The molecule has 0 fully saturated rings. The van der Waals surface area contributed by atoms with Crippen LogP contribution >= 0.6 is 0 Å². The summed E-state index contributed by atoms with van der Waals surface area (Å²) < 4.78 is 13.2. The molecule has 0 aliphatic carbocycles. The van der Waals surface area contributed by atoms with Gasteiger partial charge in [-0.15, -0.1) is 0 Å². The van der Waals surface area contributed by atoms with E-state index in [1.807, 2.05) is 60.8 Å². The molecule has 4 aromatic rings. The van der Waals surface area contributed by atoms with Crippen LogP contribution in [-0.4, -0.2) is 35.1 Å². The van der Waals surface area contributed by atoms with Gasteiger partial charge in [0, 0.05) is 22.9 Å². The summed E-state index contributed by atoms with van der Waals surface area (Å²) in [7, 11) is 0. The van der Waals surface area contributed by atoms with Crippen LogP contribution in [0.1, 0.15) is 49.0 Å². The maximum atomic E-state index is 12.6. The molecule has 0 spiro atoms. The number of hydrogen-bond donors (Lipinski definition) is 1. The first-order valence-corrected chi connectivity index (χ1v) is 12.6. The molecule has 37 heavy (non-hydrogen) atoms. The minimum Gasteiger partial charge on any atom is -0.494 e. The number of carbonyl (C=O) groups is 1. The number of nitrogens with zero attached hydrogens (tertiary/aromatic N) is 3. The largest absolute Gasteiger partial charge is 0.494 e. The van der Waals surface area contributed by atoms with Crippen molar-refractivity contribution in [1.82, 2.24) is 15.2 Å². The fraction of sp³-hybridized carbons (Fsp3) is 0.233. The molecule has 1 amide bonds. The van der Waals surface area contributed by atoms with Crippen molar-refractivity contribution in [2.75, 3.05) is 13.2 Å². The molecule has 190 valence electrons. The van der Waals surface area contributed by atoms with Crippen LogP contribution in [0.4, 0.5) is 0 Å². The highest BCUT2D eigenvalue weighted by atomic mass is 16.5. The Morgan fingerprint density at radius 3 is 2.24 bits per heavy atom. The summed E-state index contributed by atoms with van der Waals surface area (Å²) in [5, 5.41) is 9.02. The highest BCUT2D eigenvalue weighted by molar-refractivity contribution is 5.95. The third-order valence-corrected chi connectivity index (χ3v) is 5.62. The number of para-hydroxylation sites is 1. The van der Waals surface area contributed by atoms with Crippen LogP contribution in [0.15, 0.2) is 90.2 Å². The van der Waals surface area contributed by atoms with Crippen LogP contribution in [-0.2, 0) is 0 Å². The van der Waals surface area contributed by atoms with Crippen molar-refractivity contribution >= 4 is 12.1 Å². The number of hydrogen-bond acceptors (Lipinski definition) is 5. The summed E-state index contributed by atoms with van der Waals surface area (Å²) in [6, 6.07) is 24.7. The van der Waals surface area contributed by atoms with E-state index in [-0.39, 0.29) is 5.91 Å². The zero-order chi connectivity index (χ0) is 25.9. The fourth-order valence-electron chi connectivity index (χ4n) is 3.61. The summed E-state index contributed by atoms with van der Waals surface area (Å²) in [5.74, 6) is 1.26. The second-order valence-corrected chi connectivity index (χ2v) is 8.51. The summed E-state index contributed by atoms with van der Waals surface area (Å²) in [5.41, 5.74) is 6.48. The monoisotopic (exact) mass is 496 g/mol. The van der Waals surface area contributed by atoms with Gasteiger partial charge in [-0.05, 0) is 73.5 Å². The number of nitrogens with one attached hydrogen (secondary N) is 1. The first-order chi connectivity index (χ1) is 18.2. The molecule has 0 aliphatic heterocycles. The minimum atomic E-state index is -0.300. The molecule has 1 N–H and O–H groups in total. The molecule has 4 rings (SSSR count). The normalized spacial score (nSPS) is 11.0. The number of benzene rings is 3. The number of aromatic nitrogens is 2. The molecule has 0 unspecified atom stereocenters. The number of unbranched alkanes of at least 4 members (excludes halogenated alkanes) is 1. The summed E-state index contributed by atoms with van der Waals surface area (Å²) in [4.78, 5) is 12.6. The predicted molar refractivity (Wildman–Crippen MR) is 147 cm³/mol. The molecule has 0 atom stereocenters. The molecule has 1 aromatic heterocycles. The number of rotatable bonds is 12. The first-order valence-electron chi connectivity index (χ1n) is 12.6. The van der Waals surface area contributed by atoms with Crippen molar-refractivity contribution in [3.8, 4) is 28.4 Å². The van der Waals surface area contributed by atoms with Crippen molar-refractivity contribution in [2.45, 2.75) is 33.1 Å². The van der Waals surface area contributed by atoms with Crippen LogP contribution in [0.3, 0.4) is 0 Å². The number of carbonyl (C=O) groups excluding carboxylic acids is 1. The van der Waals surface area contributed by atoms with Gasteiger partial charge in [-0.3, -0.25) is 4.79 Å². The molecule has 0 saturated carbocycles. The third kappa shape index (κ3) is 7.07. The van der Waals surface area contributed by atoms with E-state index in [9.17, 15) is 4.79 Å². The fourth-order valence-corrected chi connectivity index (χ4v) is 3.61. The molecule has 0 bridgehead atoms. The lowest BCUT2D eigenvalue weighted by atomic mass is 10.1. The number of hydrazone groups is 1. The highest BCUT2D eigenvalue weighted by Crippen LogP contribution is 2.25. The van der Waals surface area contributed by atoms with Crippen LogP contribution < -0.4 is 14.9 Å². The topological polar surface area (TPSA) is 77.7 Å². The number of amides is 1. The smallest absolute Gasteiger partial charge is 0.271 e. The lowest BCUT2D eigenvalue weighted by Crippen LogP contribution is -2.17. The van der Waals surface area contributed by atoms with Gasteiger partial charge in [0.25, 0.3) is 5.91 Å². The molecule has 3 aromatic carbocycles. The van der Waals surface area contributed by atoms with Crippen molar-refractivity contribution in [3.05, 3.63) is 96.2 Å². The Kier molecular flexibility index (Phi) is 9.07. The molecular formula is C30H32N4O3. The van der Waals surface area contributed by atoms with Crippen LogP contribution in [0.5, 0.6) is 11.5 Å². The van der Waals surface area contributed by atoms with Gasteiger partial charge in [-0.2, -0.15) is 10.2 Å². The Morgan fingerprint density at radius 2 is 1.57 bits per heavy atom. The quantitative estimate of drug-likeness (QED) is 0.142. The van der Waals surface area contributed by atoms with Gasteiger partial charge >= 0.3 is 0 Å². The van der Waals surface area contributed by atoms with Gasteiger partial charge < -0.3 is 9.47 Å². The Labute approximate surface area is 217 Å². The minimum absolute atomic E-state index is 0.300. The molecule has 0 radical (unpaired) electrons. The van der Waals surface area contributed by atoms with Gasteiger partial charge in [0.05, 0.1) is 25.1 Å². The van der Waals surface area contributed by atoms with E-state index >= 15 is 0 Å². The van der Waals surface area contributed by atoms with E-state index in [4.69, 9.17) is 14.6 Å². The number of ether oxygens (including phenoxy) is 2. The van der Waals surface area contributed by atoms with Gasteiger partial charge in [0.2, 0.25) is 0 Å². The molecular weight excluding hydrogens is 464 g/mol. The van der Waals surface area contributed by atoms with Crippen LogP contribution in [0, 0.1) is 0 Å². The molecule has 7 heteroatoms. The van der Waals surface area contributed by atoms with Crippen LogP contribution in [0.2, 0.25) is 0 Å². The summed E-state index contributed by atoms with van der Waals surface area (Å²) >= 11 is 0. The van der Waals surface area contributed by atoms with Crippen molar-refractivity contribution in [3.63, 3.8) is 0 Å². The zero-order valence-electron chi connectivity index (χ0n) is 21.3. The maximum Gasteiger partial charge on any atom is 0.271 e. The molecule has 0 aliphatic rings. The van der Waals surface area contributed by atoms with Gasteiger partial charge in [0.15, 0.2) is 0 Å². The Hall–Kier alpha value is -4.39. The van der Waals surface area contributed by atoms with E-state index < -0.39 is 0 Å². The van der Waals surface area contributed by atoms with E-state index in [1.54, 1.807) is 35.2 Å².